The van der Waals surface area contributed by atoms with Gasteiger partial charge in [0.25, 0.3) is 0 Å². The van der Waals surface area contributed by atoms with Crippen LogP contribution in [0.15, 0.2) is 11.3 Å². The summed E-state index contributed by atoms with van der Waals surface area (Å²) < 4.78 is 5.90. The predicted molar refractivity (Wildman–Crippen MR) is 47.6 cm³/mol. The monoisotopic (exact) mass is 164 g/mol. The van der Waals surface area contributed by atoms with Crippen molar-refractivity contribution in [2.45, 2.75) is 45.1 Å². The minimum atomic E-state index is 0.321. The zero-order valence-corrected chi connectivity index (χ0v) is 7.89. The standard InChI is InChI=1S/C11H16O/c1-7-5-9(7)10-6-11(3-4-11)12-8(10)2/h7,9H,3-6H2,1-2H3. The molecule has 0 aromatic heterocycles. The van der Waals surface area contributed by atoms with Crippen LogP contribution in [0.5, 0.6) is 0 Å². The van der Waals surface area contributed by atoms with E-state index in [9.17, 15) is 0 Å². The van der Waals surface area contributed by atoms with E-state index in [2.05, 4.69) is 13.8 Å². The van der Waals surface area contributed by atoms with Gasteiger partial charge in [-0.15, -0.1) is 0 Å². The zero-order chi connectivity index (χ0) is 8.34. The van der Waals surface area contributed by atoms with Crippen molar-refractivity contribution in [1.82, 2.24) is 0 Å². The molecule has 0 radical (unpaired) electrons. The van der Waals surface area contributed by atoms with E-state index in [4.69, 9.17) is 4.74 Å². The molecule has 3 rings (SSSR count). The van der Waals surface area contributed by atoms with E-state index >= 15 is 0 Å². The highest BCUT2D eigenvalue weighted by Crippen LogP contribution is 2.57. The van der Waals surface area contributed by atoms with Gasteiger partial charge < -0.3 is 4.74 Å². The van der Waals surface area contributed by atoms with Gasteiger partial charge in [0, 0.05) is 6.42 Å². The van der Waals surface area contributed by atoms with Gasteiger partial charge in [-0.3, -0.25) is 0 Å². The second-order valence-corrected chi connectivity index (χ2v) is 4.86. The maximum absolute atomic E-state index is 5.90. The van der Waals surface area contributed by atoms with Crippen LogP contribution >= 0.6 is 0 Å². The summed E-state index contributed by atoms with van der Waals surface area (Å²) in [6, 6.07) is 0. The molecule has 0 bridgehead atoms. The van der Waals surface area contributed by atoms with E-state index in [0.717, 1.165) is 11.8 Å². The van der Waals surface area contributed by atoms with Gasteiger partial charge in [-0.1, -0.05) is 6.92 Å². The summed E-state index contributed by atoms with van der Waals surface area (Å²) in [5.74, 6) is 3.10. The molecule has 2 aliphatic carbocycles. The summed E-state index contributed by atoms with van der Waals surface area (Å²) in [5, 5.41) is 0. The van der Waals surface area contributed by atoms with E-state index in [1.54, 1.807) is 5.57 Å². The lowest BCUT2D eigenvalue weighted by molar-refractivity contribution is 0.123. The van der Waals surface area contributed by atoms with Crippen LogP contribution in [-0.4, -0.2) is 5.60 Å². The van der Waals surface area contributed by atoms with Crippen LogP contribution in [-0.2, 0) is 4.74 Å². The molecular formula is C11H16O. The van der Waals surface area contributed by atoms with E-state index < -0.39 is 0 Å². The molecule has 1 heterocycles. The minimum absolute atomic E-state index is 0.321. The molecule has 1 heteroatoms. The third-order valence-corrected chi connectivity index (χ3v) is 3.70. The first-order chi connectivity index (χ1) is 5.70. The molecule has 0 N–H and O–H groups in total. The Labute approximate surface area is 73.8 Å². The van der Waals surface area contributed by atoms with Crippen molar-refractivity contribution in [1.29, 1.82) is 0 Å². The van der Waals surface area contributed by atoms with Crippen LogP contribution in [0.4, 0.5) is 0 Å². The first-order valence-corrected chi connectivity index (χ1v) is 5.09. The van der Waals surface area contributed by atoms with Crippen molar-refractivity contribution >= 4 is 0 Å². The third-order valence-electron chi connectivity index (χ3n) is 3.70. The quantitative estimate of drug-likeness (QED) is 0.579. The molecule has 0 amide bonds. The van der Waals surface area contributed by atoms with Crippen molar-refractivity contribution in [2.75, 3.05) is 0 Å². The van der Waals surface area contributed by atoms with Crippen molar-refractivity contribution in [2.24, 2.45) is 11.8 Å². The Hall–Kier alpha value is -0.460. The highest BCUT2D eigenvalue weighted by Gasteiger charge is 2.53. The molecule has 2 unspecified atom stereocenters. The van der Waals surface area contributed by atoms with E-state index in [-0.39, 0.29) is 0 Å². The lowest BCUT2D eigenvalue weighted by Crippen LogP contribution is -2.05. The fraction of sp³-hybridized carbons (Fsp3) is 0.818. The van der Waals surface area contributed by atoms with Gasteiger partial charge in [-0.25, -0.2) is 0 Å². The molecule has 2 fully saturated rings. The summed E-state index contributed by atoms with van der Waals surface area (Å²) in [7, 11) is 0. The Morgan fingerprint density at radius 1 is 1.42 bits per heavy atom. The fourth-order valence-electron chi connectivity index (χ4n) is 2.52. The normalized spacial score (nSPS) is 41.8. The summed E-state index contributed by atoms with van der Waals surface area (Å²) in [6.45, 7) is 4.51. The molecule has 2 saturated carbocycles. The Morgan fingerprint density at radius 3 is 2.50 bits per heavy atom. The van der Waals surface area contributed by atoms with E-state index in [1.807, 2.05) is 0 Å². The van der Waals surface area contributed by atoms with Crippen molar-refractivity contribution in [3.8, 4) is 0 Å². The van der Waals surface area contributed by atoms with E-state index in [1.165, 1.54) is 31.4 Å². The molecule has 1 aliphatic heterocycles. The molecule has 2 atom stereocenters. The first-order valence-electron chi connectivity index (χ1n) is 5.09. The van der Waals surface area contributed by atoms with Crippen LogP contribution in [0.3, 0.4) is 0 Å². The Balaban J connectivity index is 1.81. The average molecular weight is 164 g/mol. The summed E-state index contributed by atoms with van der Waals surface area (Å²) in [4.78, 5) is 0. The molecule has 12 heavy (non-hydrogen) atoms. The highest BCUT2D eigenvalue weighted by atomic mass is 16.5. The van der Waals surface area contributed by atoms with Gasteiger partial charge in [-0.2, -0.15) is 0 Å². The fourth-order valence-corrected chi connectivity index (χ4v) is 2.52. The second-order valence-electron chi connectivity index (χ2n) is 4.86. The van der Waals surface area contributed by atoms with Crippen LogP contribution in [0, 0.1) is 11.8 Å². The number of hydrogen-bond acceptors (Lipinski definition) is 1. The Bertz CT molecular complexity index is 260. The Morgan fingerprint density at radius 2 is 2.08 bits per heavy atom. The Kier molecular flexibility index (Phi) is 1.10. The maximum atomic E-state index is 5.90. The number of allylic oxidation sites excluding steroid dienone is 1. The summed E-state index contributed by atoms with van der Waals surface area (Å²) in [6.07, 6.45) is 5.27. The van der Waals surface area contributed by atoms with Gasteiger partial charge >= 0.3 is 0 Å². The number of ether oxygens (including phenoxy) is 1. The molecule has 1 nitrogen and oxygen atoms in total. The smallest absolute Gasteiger partial charge is 0.113 e. The van der Waals surface area contributed by atoms with Crippen molar-refractivity contribution in [3.63, 3.8) is 0 Å². The molecule has 66 valence electrons. The first kappa shape index (κ1) is 6.99. The SMILES string of the molecule is CC1=C(C2CC2C)CC2(CC2)O1. The number of rotatable bonds is 1. The van der Waals surface area contributed by atoms with Gasteiger partial charge in [0.15, 0.2) is 0 Å². The lowest BCUT2D eigenvalue weighted by atomic mass is 10.0. The van der Waals surface area contributed by atoms with Gasteiger partial charge in [-0.05, 0) is 43.6 Å². The number of hydrogen-bond donors (Lipinski definition) is 0. The van der Waals surface area contributed by atoms with Gasteiger partial charge in [0.2, 0.25) is 0 Å². The third kappa shape index (κ3) is 0.854. The highest BCUT2D eigenvalue weighted by molar-refractivity contribution is 5.28. The topological polar surface area (TPSA) is 9.23 Å². The average Bonchev–Trinajstić information content (AvgIpc) is 2.84. The molecule has 0 aromatic rings. The van der Waals surface area contributed by atoms with Crippen molar-refractivity contribution < 1.29 is 4.74 Å². The van der Waals surface area contributed by atoms with Crippen LogP contribution < -0.4 is 0 Å². The summed E-state index contributed by atoms with van der Waals surface area (Å²) in [5.41, 5.74) is 1.97. The zero-order valence-electron chi connectivity index (χ0n) is 7.89. The minimum Gasteiger partial charge on any atom is -0.492 e. The van der Waals surface area contributed by atoms with Crippen LogP contribution in [0.1, 0.15) is 39.5 Å². The summed E-state index contributed by atoms with van der Waals surface area (Å²) >= 11 is 0. The molecular weight excluding hydrogens is 148 g/mol. The van der Waals surface area contributed by atoms with E-state index in [0.29, 0.717) is 5.60 Å². The van der Waals surface area contributed by atoms with Crippen LogP contribution in [0.25, 0.3) is 0 Å². The second kappa shape index (κ2) is 1.89. The lowest BCUT2D eigenvalue weighted by Gasteiger charge is -2.06. The van der Waals surface area contributed by atoms with Crippen molar-refractivity contribution in [3.05, 3.63) is 11.3 Å². The molecule has 3 aliphatic rings. The molecule has 1 spiro atoms. The maximum Gasteiger partial charge on any atom is 0.113 e. The van der Waals surface area contributed by atoms with Crippen LogP contribution in [0.2, 0.25) is 0 Å². The van der Waals surface area contributed by atoms with Gasteiger partial charge in [0.1, 0.15) is 5.60 Å². The largest absolute Gasteiger partial charge is 0.492 e. The van der Waals surface area contributed by atoms with Gasteiger partial charge in [0.05, 0.1) is 5.76 Å². The molecule has 0 saturated heterocycles. The molecule has 0 aromatic carbocycles. The predicted octanol–water partition coefficient (Wildman–Crippen LogP) is 2.87.